The maximum Gasteiger partial charge on any atom is 0.282 e. The first-order chi connectivity index (χ1) is 16.9. The predicted octanol–water partition coefficient (Wildman–Crippen LogP) is 2.18. The molecule has 0 spiro atoms. The van der Waals surface area contributed by atoms with Gasteiger partial charge in [-0.1, -0.05) is 6.58 Å². The SMILES string of the molecule is C=C(F)C(=O)N1CC(C(=O)N2CCC(n3cc(-c4cc(OC)c5c(C#N)cnn5c4)cn3)CC2)C1. The first kappa shape index (κ1) is 22.6. The number of carbonyl (C=O) groups excluding carboxylic acids is 2. The van der Waals surface area contributed by atoms with Crippen LogP contribution in [0.2, 0.25) is 0 Å². The largest absolute Gasteiger partial charge is 0.494 e. The van der Waals surface area contributed by atoms with E-state index in [1.54, 1.807) is 17.8 Å². The lowest BCUT2D eigenvalue weighted by Gasteiger charge is -2.41. The van der Waals surface area contributed by atoms with Gasteiger partial charge < -0.3 is 14.5 Å². The van der Waals surface area contributed by atoms with E-state index >= 15 is 0 Å². The molecule has 2 aliphatic rings. The van der Waals surface area contributed by atoms with Gasteiger partial charge in [-0.05, 0) is 18.9 Å². The van der Waals surface area contributed by atoms with Crippen LogP contribution in [0.4, 0.5) is 4.39 Å². The summed E-state index contributed by atoms with van der Waals surface area (Å²) in [5, 5.41) is 18.1. The molecule has 0 saturated carbocycles. The van der Waals surface area contributed by atoms with Crippen molar-refractivity contribution in [2.24, 2.45) is 5.92 Å². The minimum absolute atomic E-state index is 0.00878. The summed E-state index contributed by atoms with van der Waals surface area (Å²) in [4.78, 5) is 27.5. The fourth-order valence-electron chi connectivity index (χ4n) is 4.75. The number of nitrogens with zero attached hydrogens (tertiary/aromatic N) is 7. The van der Waals surface area contributed by atoms with Crippen LogP contribution < -0.4 is 4.74 Å². The molecule has 5 heterocycles. The average molecular weight is 478 g/mol. The normalized spacial score (nSPS) is 16.7. The molecule has 0 aliphatic carbocycles. The number of hydrogen-bond acceptors (Lipinski definition) is 6. The molecule has 35 heavy (non-hydrogen) atoms. The number of methoxy groups -OCH3 is 1. The van der Waals surface area contributed by atoms with E-state index in [1.165, 1.54) is 11.1 Å². The quantitative estimate of drug-likeness (QED) is 0.521. The molecule has 0 N–H and O–H groups in total. The van der Waals surface area contributed by atoms with Crippen LogP contribution >= 0.6 is 0 Å². The van der Waals surface area contributed by atoms with Gasteiger partial charge in [0.1, 0.15) is 22.9 Å². The summed E-state index contributed by atoms with van der Waals surface area (Å²) < 4.78 is 22.0. The average Bonchev–Trinajstić information content (AvgIpc) is 3.49. The van der Waals surface area contributed by atoms with Crippen LogP contribution in [-0.2, 0) is 9.59 Å². The lowest BCUT2D eigenvalue weighted by Crippen LogP contribution is -2.57. The van der Waals surface area contributed by atoms with Gasteiger partial charge in [0.15, 0.2) is 5.83 Å². The summed E-state index contributed by atoms with van der Waals surface area (Å²) in [5.41, 5.74) is 2.82. The second-order valence-corrected chi connectivity index (χ2v) is 8.84. The Morgan fingerprint density at radius 1 is 1.14 bits per heavy atom. The molecule has 2 fully saturated rings. The zero-order valence-corrected chi connectivity index (χ0v) is 19.2. The number of aromatic nitrogens is 4. The molecule has 0 bridgehead atoms. The summed E-state index contributed by atoms with van der Waals surface area (Å²) >= 11 is 0. The number of nitriles is 1. The lowest BCUT2D eigenvalue weighted by atomic mass is 9.96. The number of piperidine rings is 1. The molecule has 2 amide bonds. The van der Waals surface area contributed by atoms with Crippen molar-refractivity contribution >= 4 is 17.3 Å². The topological polar surface area (TPSA) is 109 Å². The number of likely N-dealkylation sites (tertiary alicyclic amines) is 2. The monoisotopic (exact) mass is 477 g/mol. The zero-order valence-electron chi connectivity index (χ0n) is 19.2. The van der Waals surface area contributed by atoms with Crippen LogP contribution in [0.1, 0.15) is 24.4 Å². The Hall–Kier alpha value is -4.20. The Labute approximate surface area is 200 Å². The van der Waals surface area contributed by atoms with Crippen molar-refractivity contribution in [2.45, 2.75) is 18.9 Å². The maximum atomic E-state index is 13.0. The molecule has 0 aromatic carbocycles. The van der Waals surface area contributed by atoms with E-state index in [0.717, 1.165) is 24.0 Å². The van der Waals surface area contributed by atoms with Crippen LogP contribution in [0.25, 0.3) is 16.6 Å². The van der Waals surface area contributed by atoms with Gasteiger partial charge in [-0.25, -0.2) is 8.91 Å². The van der Waals surface area contributed by atoms with E-state index in [4.69, 9.17) is 4.74 Å². The van der Waals surface area contributed by atoms with Gasteiger partial charge in [0.05, 0.1) is 31.5 Å². The molecule has 11 heteroatoms. The molecule has 0 unspecified atom stereocenters. The van der Waals surface area contributed by atoms with Crippen LogP contribution in [-0.4, -0.2) is 74.3 Å². The summed E-state index contributed by atoms with van der Waals surface area (Å²) in [7, 11) is 1.56. The number of halogens is 1. The van der Waals surface area contributed by atoms with Crippen LogP contribution in [0.3, 0.4) is 0 Å². The summed E-state index contributed by atoms with van der Waals surface area (Å²) in [6.45, 7) is 4.70. The molecule has 0 atom stereocenters. The third kappa shape index (κ3) is 4.01. The van der Waals surface area contributed by atoms with E-state index in [2.05, 4.69) is 22.8 Å². The van der Waals surface area contributed by atoms with Crippen LogP contribution in [0.15, 0.2) is 43.3 Å². The van der Waals surface area contributed by atoms with Crippen LogP contribution in [0.5, 0.6) is 5.75 Å². The molecule has 2 saturated heterocycles. The maximum absolute atomic E-state index is 13.0. The van der Waals surface area contributed by atoms with Crippen molar-refractivity contribution in [2.75, 3.05) is 33.3 Å². The van der Waals surface area contributed by atoms with Crippen molar-refractivity contribution < 1.29 is 18.7 Å². The number of amides is 2. The van der Waals surface area contributed by atoms with E-state index in [-0.39, 0.29) is 31.0 Å². The van der Waals surface area contributed by atoms with E-state index in [0.29, 0.717) is 29.9 Å². The highest BCUT2D eigenvalue weighted by Crippen LogP contribution is 2.31. The molecule has 2 aliphatic heterocycles. The molecule has 3 aromatic rings. The van der Waals surface area contributed by atoms with Gasteiger partial charge in [0, 0.05) is 49.7 Å². The van der Waals surface area contributed by atoms with Gasteiger partial charge in [-0.2, -0.15) is 15.5 Å². The number of ether oxygens (including phenoxy) is 1. The van der Waals surface area contributed by atoms with E-state index in [1.807, 2.05) is 28.0 Å². The second-order valence-electron chi connectivity index (χ2n) is 8.84. The Morgan fingerprint density at radius 2 is 1.89 bits per heavy atom. The smallest absolute Gasteiger partial charge is 0.282 e. The highest BCUT2D eigenvalue weighted by atomic mass is 19.1. The Kier molecular flexibility index (Phi) is 5.72. The van der Waals surface area contributed by atoms with Crippen molar-refractivity contribution in [3.05, 3.63) is 48.8 Å². The number of carbonyl (C=O) groups is 2. The zero-order chi connectivity index (χ0) is 24.7. The summed E-state index contributed by atoms with van der Waals surface area (Å²) in [5.74, 6) is -1.44. The molecular formula is C24H24FN7O3. The predicted molar refractivity (Wildman–Crippen MR) is 123 cm³/mol. The second kappa shape index (κ2) is 8.87. The van der Waals surface area contributed by atoms with Gasteiger partial charge in [0.2, 0.25) is 5.91 Å². The summed E-state index contributed by atoms with van der Waals surface area (Å²) in [6.07, 6.45) is 8.62. The minimum Gasteiger partial charge on any atom is -0.494 e. The number of hydrogen-bond donors (Lipinski definition) is 0. The number of rotatable bonds is 5. The molecular weight excluding hydrogens is 453 g/mol. The molecule has 0 radical (unpaired) electrons. The van der Waals surface area contributed by atoms with Gasteiger partial charge in [-0.3, -0.25) is 14.3 Å². The minimum atomic E-state index is -0.995. The van der Waals surface area contributed by atoms with Crippen LogP contribution in [0, 0.1) is 17.2 Å². The first-order valence-corrected chi connectivity index (χ1v) is 11.3. The van der Waals surface area contributed by atoms with Crippen molar-refractivity contribution in [3.63, 3.8) is 0 Å². The first-order valence-electron chi connectivity index (χ1n) is 11.3. The highest BCUT2D eigenvalue weighted by Gasteiger charge is 2.39. The standard InChI is InChI=1S/C24H24FN7O3/c1-15(25)23(33)30-11-19(12-30)24(34)29-5-3-20(4-6-29)31-14-18(10-27-31)16-7-21(35-2)22-17(8-26)9-28-32(22)13-16/h7,9-10,13-14,19-20H,1,3-6,11-12H2,2H3. The van der Waals surface area contributed by atoms with Gasteiger partial charge >= 0.3 is 0 Å². The lowest BCUT2D eigenvalue weighted by molar-refractivity contribution is -0.148. The molecule has 10 nitrogen and oxygen atoms in total. The third-order valence-electron chi connectivity index (χ3n) is 6.75. The van der Waals surface area contributed by atoms with Crippen molar-refractivity contribution in [1.82, 2.24) is 29.2 Å². The van der Waals surface area contributed by atoms with E-state index in [9.17, 15) is 19.2 Å². The Bertz CT molecular complexity index is 1360. The number of pyridine rings is 1. The Balaban J connectivity index is 1.23. The number of fused-ring (bicyclic) bond motifs is 1. The Morgan fingerprint density at radius 3 is 2.54 bits per heavy atom. The van der Waals surface area contributed by atoms with Gasteiger partial charge in [-0.15, -0.1) is 0 Å². The van der Waals surface area contributed by atoms with Crippen molar-refractivity contribution in [1.29, 1.82) is 5.26 Å². The molecule has 3 aromatic heterocycles. The van der Waals surface area contributed by atoms with Crippen molar-refractivity contribution in [3.8, 4) is 22.9 Å². The fraction of sp³-hybridized carbons (Fsp3) is 0.375. The third-order valence-corrected chi connectivity index (χ3v) is 6.75. The van der Waals surface area contributed by atoms with E-state index < -0.39 is 11.7 Å². The fourth-order valence-corrected chi connectivity index (χ4v) is 4.75. The highest BCUT2D eigenvalue weighted by molar-refractivity contribution is 5.93. The molecule has 180 valence electrons. The summed E-state index contributed by atoms with van der Waals surface area (Å²) in [6, 6.07) is 4.15. The van der Waals surface area contributed by atoms with Gasteiger partial charge in [0.25, 0.3) is 5.91 Å². The molecule has 5 rings (SSSR count).